The summed E-state index contributed by atoms with van der Waals surface area (Å²) in [6, 6.07) is 12.5. The summed E-state index contributed by atoms with van der Waals surface area (Å²) in [5.41, 5.74) is 2.64. The Balaban J connectivity index is 1.39. The summed E-state index contributed by atoms with van der Waals surface area (Å²) < 4.78 is 42.7. The molecule has 4 aromatic rings. The van der Waals surface area contributed by atoms with Crippen molar-refractivity contribution >= 4 is 17.2 Å². The lowest BCUT2D eigenvalue weighted by molar-refractivity contribution is -0.137. The van der Waals surface area contributed by atoms with Crippen LogP contribution < -0.4 is 5.32 Å². The highest BCUT2D eigenvalue weighted by Gasteiger charge is 2.31. The van der Waals surface area contributed by atoms with Crippen molar-refractivity contribution in [3.8, 4) is 11.8 Å². The molecule has 1 aliphatic rings. The van der Waals surface area contributed by atoms with Gasteiger partial charge in [0.05, 0.1) is 11.8 Å². The number of hydrogen-bond donors (Lipinski definition) is 1. The lowest BCUT2D eigenvalue weighted by Crippen LogP contribution is -2.43. The van der Waals surface area contributed by atoms with Gasteiger partial charge in [-0.3, -0.25) is 9.69 Å². The van der Waals surface area contributed by atoms with Gasteiger partial charge in [0, 0.05) is 55.7 Å². The Bertz CT molecular complexity index is 1580. The highest BCUT2D eigenvalue weighted by atomic mass is 19.4. The molecule has 3 heterocycles. The maximum Gasteiger partial charge on any atom is 0.416 e. The Labute approximate surface area is 224 Å². The first-order valence-corrected chi connectivity index (χ1v) is 12.5. The molecule has 10 heteroatoms. The molecule has 200 valence electrons. The number of piperazine rings is 1. The number of carbonyl (C=O) groups excluding carboxylic acids is 1. The number of hydrogen-bond acceptors (Lipinski definition) is 5. The van der Waals surface area contributed by atoms with Crippen molar-refractivity contribution in [3.05, 3.63) is 94.4 Å². The number of halogens is 3. The molecule has 0 aliphatic carbocycles. The molecule has 1 saturated heterocycles. The van der Waals surface area contributed by atoms with Crippen molar-refractivity contribution in [3.63, 3.8) is 0 Å². The van der Waals surface area contributed by atoms with Gasteiger partial charge in [-0.1, -0.05) is 12.0 Å². The summed E-state index contributed by atoms with van der Waals surface area (Å²) in [5, 5.41) is 6.92. The summed E-state index contributed by atoms with van der Waals surface area (Å²) in [4.78, 5) is 21.8. The average molecular weight is 533 g/mol. The topological polar surface area (TPSA) is 65.8 Å². The molecule has 0 radical (unpaired) electrons. The van der Waals surface area contributed by atoms with Gasteiger partial charge in [0.15, 0.2) is 5.65 Å². The summed E-state index contributed by atoms with van der Waals surface area (Å²) >= 11 is 0. The quantitative estimate of drug-likeness (QED) is 0.394. The summed E-state index contributed by atoms with van der Waals surface area (Å²) in [5.74, 6) is 5.60. The molecule has 1 aliphatic heterocycles. The molecule has 7 nitrogen and oxygen atoms in total. The molecule has 1 N–H and O–H groups in total. The summed E-state index contributed by atoms with van der Waals surface area (Å²) in [6.45, 7) is 5.39. The lowest BCUT2D eigenvalue weighted by atomic mass is 10.0. The summed E-state index contributed by atoms with van der Waals surface area (Å²) in [7, 11) is 2.02. The highest BCUT2D eigenvalue weighted by Crippen LogP contribution is 2.32. The molecule has 2 aromatic carbocycles. The van der Waals surface area contributed by atoms with Crippen LogP contribution in [-0.2, 0) is 12.7 Å². The Morgan fingerprint density at radius 3 is 2.62 bits per heavy atom. The second-order valence-corrected chi connectivity index (χ2v) is 9.62. The number of anilines is 1. The van der Waals surface area contributed by atoms with Crippen LogP contribution >= 0.6 is 0 Å². The molecule has 0 unspecified atom stereocenters. The van der Waals surface area contributed by atoms with Crippen molar-refractivity contribution in [1.82, 2.24) is 24.4 Å². The SMILES string of the molecule is Cc1c(C#Cc2cnc3cccnn23)cccc1C(=O)Nc1cc(CN2CCN(C)CC2)cc(C(F)(F)F)c1. The second kappa shape index (κ2) is 10.9. The van der Waals surface area contributed by atoms with E-state index in [0.29, 0.717) is 40.1 Å². The van der Waals surface area contributed by atoms with E-state index in [1.165, 1.54) is 0 Å². The molecular formula is C29H27F3N6O. The third-order valence-corrected chi connectivity index (χ3v) is 6.76. The Morgan fingerprint density at radius 1 is 1.05 bits per heavy atom. The third kappa shape index (κ3) is 6.11. The van der Waals surface area contributed by atoms with Gasteiger partial charge in [0.1, 0.15) is 5.69 Å². The minimum Gasteiger partial charge on any atom is -0.322 e. The molecule has 0 spiro atoms. The predicted octanol–water partition coefficient (Wildman–Crippen LogP) is 4.46. The van der Waals surface area contributed by atoms with E-state index in [-0.39, 0.29) is 5.69 Å². The zero-order valence-corrected chi connectivity index (χ0v) is 21.6. The van der Waals surface area contributed by atoms with E-state index in [1.54, 1.807) is 54.2 Å². The van der Waals surface area contributed by atoms with Gasteiger partial charge in [-0.15, -0.1) is 0 Å². The number of amides is 1. The van der Waals surface area contributed by atoms with Crippen LogP contribution in [0, 0.1) is 18.8 Å². The van der Waals surface area contributed by atoms with Crippen LogP contribution in [0.1, 0.15) is 38.3 Å². The zero-order chi connectivity index (χ0) is 27.6. The maximum atomic E-state index is 13.7. The number of imidazole rings is 1. The number of rotatable bonds is 4. The van der Waals surface area contributed by atoms with Crippen molar-refractivity contribution in [1.29, 1.82) is 0 Å². The smallest absolute Gasteiger partial charge is 0.322 e. The van der Waals surface area contributed by atoms with Crippen LogP contribution in [0.3, 0.4) is 0 Å². The van der Waals surface area contributed by atoms with Crippen LogP contribution in [0.5, 0.6) is 0 Å². The molecule has 0 bridgehead atoms. The normalized spacial score (nSPS) is 14.7. The van der Waals surface area contributed by atoms with Gasteiger partial charge in [-0.25, -0.2) is 9.50 Å². The van der Waals surface area contributed by atoms with Crippen molar-refractivity contribution in [2.24, 2.45) is 0 Å². The highest BCUT2D eigenvalue weighted by molar-refractivity contribution is 6.05. The molecule has 0 atom stereocenters. The average Bonchev–Trinajstić information content (AvgIpc) is 3.32. The molecule has 1 amide bonds. The molecule has 5 rings (SSSR count). The fourth-order valence-electron chi connectivity index (χ4n) is 4.54. The minimum atomic E-state index is -4.53. The van der Waals surface area contributed by atoms with Crippen LogP contribution in [-0.4, -0.2) is 63.5 Å². The molecule has 2 aromatic heterocycles. The van der Waals surface area contributed by atoms with E-state index < -0.39 is 17.6 Å². The third-order valence-electron chi connectivity index (χ3n) is 6.76. The van der Waals surface area contributed by atoms with E-state index >= 15 is 0 Å². The monoisotopic (exact) mass is 532 g/mol. The number of fused-ring (bicyclic) bond motifs is 1. The molecule has 39 heavy (non-hydrogen) atoms. The Kier molecular flexibility index (Phi) is 7.37. The van der Waals surface area contributed by atoms with Gasteiger partial charge >= 0.3 is 6.18 Å². The Morgan fingerprint density at radius 2 is 1.85 bits per heavy atom. The first-order chi connectivity index (χ1) is 18.7. The van der Waals surface area contributed by atoms with E-state index in [4.69, 9.17) is 0 Å². The van der Waals surface area contributed by atoms with Crippen LogP contribution in [0.25, 0.3) is 5.65 Å². The van der Waals surface area contributed by atoms with Gasteiger partial charge < -0.3 is 10.2 Å². The second-order valence-electron chi connectivity index (χ2n) is 9.62. The fraction of sp³-hybridized carbons (Fsp3) is 0.276. The number of nitrogens with zero attached hydrogens (tertiary/aromatic N) is 5. The number of nitrogens with one attached hydrogen (secondary N) is 1. The van der Waals surface area contributed by atoms with E-state index in [0.717, 1.165) is 38.3 Å². The van der Waals surface area contributed by atoms with Crippen molar-refractivity contribution in [2.45, 2.75) is 19.6 Å². The fourth-order valence-corrected chi connectivity index (χ4v) is 4.54. The molecular weight excluding hydrogens is 505 g/mol. The standard InChI is InChI=1S/C29H27F3N6O/c1-20-22(8-9-25-18-33-27-7-4-10-34-38(25)27)5-3-6-26(20)28(39)35-24-16-21(15-23(17-24)29(30,31)32)19-37-13-11-36(2)12-14-37/h3-7,10,15-18H,11-14,19H2,1-2H3,(H,35,39). The lowest BCUT2D eigenvalue weighted by Gasteiger charge is -2.32. The van der Waals surface area contributed by atoms with Crippen LogP contribution in [0.4, 0.5) is 18.9 Å². The van der Waals surface area contributed by atoms with Gasteiger partial charge in [-0.05, 0) is 73.5 Å². The van der Waals surface area contributed by atoms with Gasteiger partial charge in [0.25, 0.3) is 5.91 Å². The number of benzene rings is 2. The molecule has 0 saturated carbocycles. The first-order valence-electron chi connectivity index (χ1n) is 12.5. The number of likely N-dealkylation sites (N-methyl/N-ethyl adjacent to an activating group) is 1. The van der Waals surface area contributed by atoms with E-state index in [9.17, 15) is 18.0 Å². The van der Waals surface area contributed by atoms with E-state index in [1.807, 2.05) is 13.1 Å². The first kappa shape index (κ1) is 26.4. The minimum absolute atomic E-state index is 0.103. The van der Waals surface area contributed by atoms with Crippen LogP contribution in [0.15, 0.2) is 60.9 Å². The molecule has 1 fully saturated rings. The van der Waals surface area contributed by atoms with Gasteiger partial charge in [-0.2, -0.15) is 18.3 Å². The zero-order valence-electron chi connectivity index (χ0n) is 21.6. The van der Waals surface area contributed by atoms with Crippen LogP contribution in [0.2, 0.25) is 0 Å². The van der Waals surface area contributed by atoms with Crippen molar-refractivity contribution < 1.29 is 18.0 Å². The number of aromatic nitrogens is 3. The maximum absolute atomic E-state index is 13.7. The predicted molar refractivity (Wildman–Crippen MR) is 142 cm³/mol. The number of alkyl halides is 3. The largest absolute Gasteiger partial charge is 0.416 e. The van der Waals surface area contributed by atoms with Gasteiger partial charge in [0.2, 0.25) is 0 Å². The van der Waals surface area contributed by atoms with Crippen molar-refractivity contribution in [2.75, 3.05) is 38.5 Å². The van der Waals surface area contributed by atoms with E-state index in [2.05, 4.69) is 37.0 Å². The Hall–Kier alpha value is -4.20. The summed E-state index contributed by atoms with van der Waals surface area (Å²) in [6.07, 6.45) is -1.27. The number of carbonyl (C=O) groups is 1.